The van der Waals surface area contributed by atoms with Crippen LogP contribution in [0.2, 0.25) is 0 Å². The van der Waals surface area contributed by atoms with Crippen molar-refractivity contribution in [3.05, 3.63) is 0 Å². The van der Waals surface area contributed by atoms with Gasteiger partial charge in [0.1, 0.15) is 19.3 Å². The van der Waals surface area contributed by atoms with E-state index in [9.17, 15) is 43.2 Å². The maximum atomic E-state index is 13.0. The van der Waals surface area contributed by atoms with Gasteiger partial charge in [-0.3, -0.25) is 37.3 Å². The monoisotopic (exact) mass is 1240 g/mol. The van der Waals surface area contributed by atoms with Crippen LogP contribution in [0, 0.1) is 11.8 Å². The second-order valence-corrected chi connectivity index (χ2v) is 27.4. The molecular formula is C65H126O17P2. The van der Waals surface area contributed by atoms with Crippen molar-refractivity contribution >= 4 is 39.5 Å². The Morgan fingerprint density at radius 3 is 0.810 bits per heavy atom. The number of esters is 4. The molecular weight excluding hydrogens is 1110 g/mol. The highest BCUT2D eigenvalue weighted by atomic mass is 31.2. The fourth-order valence-electron chi connectivity index (χ4n) is 9.71. The third-order valence-corrected chi connectivity index (χ3v) is 16.9. The molecule has 3 N–H and O–H groups in total. The van der Waals surface area contributed by atoms with Crippen LogP contribution < -0.4 is 0 Å². The first kappa shape index (κ1) is 82.1. The van der Waals surface area contributed by atoms with Crippen molar-refractivity contribution < 1.29 is 80.2 Å². The summed E-state index contributed by atoms with van der Waals surface area (Å²) in [6, 6.07) is 0. The zero-order valence-corrected chi connectivity index (χ0v) is 56.0. The molecule has 498 valence electrons. The lowest BCUT2D eigenvalue weighted by Crippen LogP contribution is -2.30. The zero-order chi connectivity index (χ0) is 62.2. The Labute approximate surface area is 511 Å². The molecule has 0 aliphatic rings. The lowest BCUT2D eigenvalue weighted by Gasteiger charge is -2.21. The molecule has 0 saturated heterocycles. The normalized spacial score (nSPS) is 14.3. The first-order chi connectivity index (χ1) is 40.4. The molecule has 5 atom stereocenters. The van der Waals surface area contributed by atoms with Crippen LogP contribution in [0.1, 0.15) is 324 Å². The lowest BCUT2D eigenvalue weighted by atomic mass is 10.0. The maximum Gasteiger partial charge on any atom is 0.472 e. The predicted octanol–water partition coefficient (Wildman–Crippen LogP) is 18.0. The smallest absolute Gasteiger partial charge is 0.462 e. The number of carbonyl (C=O) groups is 4. The van der Waals surface area contributed by atoms with Gasteiger partial charge in [-0.1, -0.05) is 273 Å². The quantitative estimate of drug-likeness (QED) is 0.0222. The molecule has 2 unspecified atom stereocenters. The van der Waals surface area contributed by atoms with Crippen molar-refractivity contribution in [1.29, 1.82) is 0 Å². The van der Waals surface area contributed by atoms with Gasteiger partial charge in [0, 0.05) is 25.7 Å². The summed E-state index contributed by atoms with van der Waals surface area (Å²) in [6.07, 6.45) is 40.3. The molecule has 0 saturated carbocycles. The molecule has 0 heterocycles. The largest absolute Gasteiger partial charge is 0.472 e. The molecule has 0 radical (unpaired) electrons. The van der Waals surface area contributed by atoms with Crippen LogP contribution in [0.3, 0.4) is 0 Å². The van der Waals surface area contributed by atoms with E-state index in [0.29, 0.717) is 25.7 Å². The van der Waals surface area contributed by atoms with E-state index >= 15 is 0 Å². The SMILES string of the molecule is CCCCCCCCCCCC(=O)OC[C@H](COP(=O)(O)OC[C@H](O)COP(=O)(O)OC[C@@H](COC(=O)CCCCCCCCCCCCC(C)C)OC(=O)CCCCCCCCCCCCC(C)C)OC(=O)CCCCCCCCCCC. The molecule has 0 spiro atoms. The standard InChI is InChI=1S/C65H126O17P2/c1-7-9-11-13-15-21-29-35-41-47-62(67)75-53-60(81-64(69)49-43-37-31-22-16-14-12-10-8-2)55-79-83(71,72)77-51-59(66)52-78-84(73,74)80-56-61(82-65(70)50-44-38-32-26-20-18-24-28-34-40-46-58(5)6)54-76-63(68)48-42-36-30-25-19-17-23-27-33-39-45-57(3)4/h57-61,66H,7-56H2,1-6H3,(H,71,72)(H,73,74)/t59-,60+,61+/m0/s1. The number of phosphoric acid groups is 2. The van der Waals surface area contributed by atoms with E-state index in [1.807, 2.05) is 0 Å². The summed E-state index contributed by atoms with van der Waals surface area (Å²) < 4.78 is 68.0. The highest BCUT2D eigenvalue weighted by molar-refractivity contribution is 7.47. The first-order valence-corrected chi connectivity index (χ1v) is 37.0. The van der Waals surface area contributed by atoms with Crippen LogP contribution in [0.5, 0.6) is 0 Å². The van der Waals surface area contributed by atoms with Gasteiger partial charge in [-0.05, 0) is 37.5 Å². The Balaban J connectivity index is 5.23. The van der Waals surface area contributed by atoms with Crippen LogP contribution in [-0.4, -0.2) is 96.7 Å². The second-order valence-electron chi connectivity index (χ2n) is 24.5. The Hall–Kier alpha value is -1.94. The number of aliphatic hydroxyl groups is 1. The van der Waals surface area contributed by atoms with Crippen molar-refractivity contribution in [2.75, 3.05) is 39.6 Å². The minimum Gasteiger partial charge on any atom is -0.462 e. The molecule has 0 aliphatic carbocycles. The highest BCUT2D eigenvalue weighted by Gasteiger charge is 2.30. The molecule has 0 rings (SSSR count). The molecule has 84 heavy (non-hydrogen) atoms. The summed E-state index contributed by atoms with van der Waals surface area (Å²) in [5, 5.41) is 10.5. The molecule has 0 fully saturated rings. The van der Waals surface area contributed by atoms with Gasteiger partial charge in [0.05, 0.1) is 26.4 Å². The number of rotatable bonds is 64. The topological polar surface area (TPSA) is 237 Å². The minimum atomic E-state index is -4.95. The van der Waals surface area contributed by atoms with Gasteiger partial charge in [-0.15, -0.1) is 0 Å². The zero-order valence-electron chi connectivity index (χ0n) is 54.2. The fraction of sp³-hybridized carbons (Fsp3) is 0.938. The van der Waals surface area contributed by atoms with E-state index < -0.39 is 97.5 Å². The van der Waals surface area contributed by atoms with Crippen LogP contribution in [0.15, 0.2) is 0 Å². The van der Waals surface area contributed by atoms with Gasteiger partial charge >= 0.3 is 39.5 Å². The van der Waals surface area contributed by atoms with Gasteiger partial charge in [0.25, 0.3) is 0 Å². The van der Waals surface area contributed by atoms with Crippen LogP contribution in [0.4, 0.5) is 0 Å². The van der Waals surface area contributed by atoms with Crippen molar-refractivity contribution in [3.8, 4) is 0 Å². The average molecular weight is 1240 g/mol. The van der Waals surface area contributed by atoms with E-state index in [2.05, 4.69) is 41.5 Å². The predicted molar refractivity (Wildman–Crippen MR) is 335 cm³/mol. The van der Waals surface area contributed by atoms with E-state index in [-0.39, 0.29) is 25.7 Å². The van der Waals surface area contributed by atoms with Crippen molar-refractivity contribution in [3.63, 3.8) is 0 Å². The summed E-state index contributed by atoms with van der Waals surface area (Å²) in [5.74, 6) is -0.623. The summed E-state index contributed by atoms with van der Waals surface area (Å²) in [5.41, 5.74) is 0. The maximum absolute atomic E-state index is 13.0. The highest BCUT2D eigenvalue weighted by Crippen LogP contribution is 2.45. The number of carbonyl (C=O) groups excluding carboxylic acids is 4. The molecule has 0 aromatic carbocycles. The van der Waals surface area contributed by atoms with Crippen molar-refractivity contribution in [1.82, 2.24) is 0 Å². The van der Waals surface area contributed by atoms with E-state index in [1.54, 1.807) is 0 Å². The summed E-state index contributed by atoms with van der Waals surface area (Å²) in [6.45, 7) is 9.46. The number of ether oxygens (including phenoxy) is 4. The van der Waals surface area contributed by atoms with Gasteiger partial charge in [-0.25, -0.2) is 9.13 Å². The van der Waals surface area contributed by atoms with E-state index in [4.69, 9.17) is 37.0 Å². The Bertz CT molecular complexity index is 1650. The minimum absolute atomic E-state index is 0.105. The van der Waals surface area contributed by atoms with Crippen LogP contribution in [0.25, 0.3) is 0 Å². The van der Waals surface area contributed by atoms with Gasteiger partial charge in [-0.2, -0.15) is 0 Å². The average Bonchev–Trinajstić information content (AvgIpc) is 3.46. The Morgan fingerprint density at radius 2 is 0.548 bits per heavy atom. The summed E-state index contributed by atoms with van der Waals surface area (Å²) in [4.78, 5) is 72.2. The number of hydrogen-bond acceptors (Lipinski definition) is 15. The Morgan fingerprint density at radius 1 is 0.321 bits per heavy atom. The fourth-order valence-corrected chi connectivity index (χ4v) is 11.3. The third kappa shape index (κ3) is 59.0. The number of aliphatic hydroxyl groups excluding tert-OH is 1. The van der Waals surface area contributed by atoms with Gasteiger partial charge < -0.3 is 33.8 Å². The number of phosphoric ester groups is 2. The molecule has 17 nitrogen and oxygen atoms in total. The molecule has 0 bridgehead atoms. The summed E-state index contributed by atoms with van der Waals surface area (Å²) >= 11 is 0. The molecule has 19 heteroatoms. The van der Waals surface area contributed by atoms with Crippen molar-refractivity contribution in [2.24, 2.45) is 11.8 Å². The van der Waals surface area contributed by atoms with Crippen LogP contribution >= 0.6 is 15.6 Å². The van der Waals surface area contributed by atoms with Gasteiger partial charge in [0.15, 0.2) is 12.2 Å². The molecule has 0 aromatic heterocycles. The lowest BCUT2D eigenvalue weighted by molar-refractivity contribution is -0.161. The summed E-state index contributed by atoms with van der Waals surface area (Å²) in [7, 11) is -9.89. The first-order valence-electron chi connectivity index (χ1n) is 34.0. The van der Waals surface area contributed by atoms with E-state index in [0.717, 1.165) is 102 Å². The molecule has 0 aliphatic heterocycles. The molecule has 0 aromatic rings. The Kier molecular flexibility index (Phi) is 56.2. The molecule has 0 amide bonds. The number of hydrogen-bond donors (Lipinski definition) is 3. The second kappa shape index (κ2) is 57.5. The van der Waals surface area contributed by atoms with E-state index in [1.165, 1.54) is 141 Å². The van der Waals surface area contributed by atoms with Gasteiger partial charge in [0.2, 0.25) is 0 Å². The number of unbranched alkanes of at least 4 members (excludes halogenated alkanes) is 34. The van der Waals surface area contributed by atoms with Crippen molar-refractivity contribution in [2.45, 2.75) is 342 Å². The van der Waals surface area contributed by atoms with Crippen LogP contribution in [-0.2, 0) is 65.4 Å². The third-order valence-electron chi connectivity index (χ3n) is 15.0.